The lowest BCUT2D eigenvalue weighted by Crippen LogP contribution is -2.30. The maximum atomic E-state index is 10.8. The first-order chi connectivity index (χ1) is 6.63. The molecule has 1 fully saturated rings. The van der Waals surface area contributed by atoms with Crippen molar-refractivity contribution in [2.24, 2.45) is 11.3 Å². The van der Waals surface area contributed by atoms with Crippen molar-refractivity contribution in [2.45, 2.75) is 32.1 Å². The summed E-state index contributed by atoms with van der Waals surface area (Å²) in [6, 6.07) is 4.09. The first kappa shape index (κ1) is 10.5. The van der Waals surface area contributed by atoms with Crippen molar-refractivity contribution in [3.05, 3.63) is 0 Å². The van der Waals surface area contributed by atoms with Crippen LogP contribution < -0.4 is 0 Å². The van der Waals surface area contributed by atoms with Crippen LogP contribution in [0.1, 0.15) is 32.1 Å². The van der Waals surface area contributed by atoms with Crippen molar-refractivity contribution < 1.29 is 9.90 Å². The number of carbonyl (C=O) groups is 1. The smallest absolute Gasteiger partial charge is 0.306 e. The number of nitrogens with zero attached hydrogens (tertiary/aromatic N) is 2. The molecule has 0 bridgehead atoms. The number of hydrogen-bond acceptors (Lipinski definition) is 3. The van der Waals surface area contributed by atoms with Gasteiger partial charge in [0.15, 0.2) is 0 Å². The minimum absolute atomic E-state index is 0.146. The molecule has 1 N–H and O–H groups in total. The second-order valence-electron chi connectivity index (χ2n) is 3.86. The summed E-state index contributed by atoms with van der Waals surface area (Å²) in [6.07, 6.45) is 2.48. The topological polar surface area (TPSA) is 84.9 Å². The van der Waals surface area contributed by atoms with E-state index in [-0.39, 0.29) is 6.42 Å². The summed E-state index contributed by atoms with van der Waals surface area (Å²) in [5.74, 6) is -1.29. The standard InChI is InChI=1S/C10H12N2O2/c11-5-4-10(7-12)3-1-2-8(6-10)9(13)14/h8H,1-4,6H2,(H,13,14). The van der Waals surface area contributed by atoms with Gasteiger partial charge in [-0.3, -0.25) is 4.79 Å². The van der Waals surface area contributed by atoms with E-state index in [2.05, 4.69) is 6.07 Å². The molecule has 0 aromatic rings. The Morgan fingerprint density at radius 3 is 2.79 bits per heavy atom. The van der Waals surface area contributed by atoms with Crippen molar-refractivity contribution in [3.8, 4) is 12.1 Å². The number of nitriles is 2. The molecule has 0 radical (unpaired) electrons. The third-order valence-corrected chi connectivity index (χ3v) is 2.85. The largest absolute Gasteiger partial charge is 0.481 e. The Labute approximate surface area is 82.8 Å². The average molecular weight is 192 g/mol. The predicted molar refractivity (Wildman–Crippen MR) is 47.9 cm³/mol. The van der Waals surface area contributed by atoms with Gasteiger partial charge in [0.25, 0.3) is 0 Å². The van der Waals surface area contributed by atoms with Crippen molar-refractivity contribution in [1.82, 2.24) is 0 Å². The number of hydrogen-bond donors (Lipinski definition) is 1. The van der Waals surface area contributed by atoms with Gasteiger partial charge in [-0.2, -0.15) is 10.5 Å². The summed E-state index contributed by atoms with van der Waals surface area (Å²) in [5, 5.41) is 26.4. The van der Waals surface area contributed by atoms with E-state index in [0.29, 0.717) is 19.3 Å². The predicted octanol–water partition coefficient (Wildman–Crippen LogP) is 1.68. The molecule has 0 aromatic heterocycles. The third-order valence-electron chi connectivity index (χ3n) is 2.85. The Balaban J connectivity index is 2.76. The molecule has 74 valence electrons. The van der Waals surface area contributed by atoms with E-state index in [0.717, 1.165) is 6.42 Å². The van der Waals surface area contributed by atoms with Crippen LogP contribution in [0.4, 0.5) is 0 Å². The molecule has 14 heavy (non-hydrogen) atoms. The lowest BCUT2D eigenvalue weighted by Gasteiger charge is -2.31. The molecule has 4 nitrogen and oxygen atoms in total. The zero-order chi connectivity index (χ0) is 10.6. The second-order valence-corrected chi connectivity index (χ2v) is 3.86. The summed E-state index contributed by atoms with van der Waals surface area (Å²) in [4.78, 5) is 10.8. The first-order valence-electron chi connectivity index (χ1n) is 4.64. The highest BCUT2D eigenvalue weighted by atomic mass is 16.4. The normalized spacial score (nSPS) is 31.4. The van der Waals surface area contributed by atoms with Crippen LogP contribution >= 0.6 is 0 Å². The van der Waals surface area contributed by atoms with Gasteiger partial charge in [-0.1, -0.05) is 6.42 Å². The van der Waals surface area contributed by atoms with Gasteiger partial charge < -0.3 is 5.11 Å². The van der Waals surface area contributed by atoms with Crippen LogP contribution in [-0.4, -0.2) is 11.1 Å². The fourth-order valence-electron chi connectivity index (χ4n) is 2.03. The molecule has 2 atom stereocenters. The monoisotopic (exact) mass is 192 g/mol. The lowest BCUT2D eigenvalue weighted by molar-refractivity contribution is -0.143. The SMILES string of the molecule is N#CCC1(C#N)CCCC(C(=O)O)C1. The van der Waals surface area contributed by atoms with E-state index in [9.17, 15) is 4.79 Å². The van der Waals surface area contributed by atoms with Gasteiger partial charge in [0.1, 0.15) is 0 Å². The molecule has 0 saturated heterocycles. The number of aliphatic carboxylic acids is 1. The molecule has 2 unspecified atom stereocenters. The van der Waals surface area contributed by atoms with Gasteiger partial charge in [0.2, 0.25) is 0 Å². The third kappa shape index (κ3) is 2.03. The number of carboxylic acid groups (broad SMARTS) is 1. The lowest BCUT2D eigenvalue weighted by atomic mass is 9.69. The second kappa shape index (κ2) is 4.11. The summed E-state index contributed by atoms with van der Waals surface area (Å²) in [7, 11) is 0. The molecule has 0 amide bonds. The molecule has 0 aromatic carbocycles. The molecule has 1 rings (SSSR count). The van der Waals surface area contributed by atoms with Crippen LogP contribution in [0.2, 0.25) is 0 Å². The van der Waals surface area contributed by atoms with Gasteiger partial charge in [-0.15, -0.1) is 0 Å². The minimum atomic E-state index is -0.845. The van der Waals surface area contributed by atoms with Crippen LogP contribution in [0.3, 0.4) is 0 Å². The van der Waals surface area contributed by atoms with Crippen LogP contribution in [-0.2, 0) is 4.79 Å². The van der Waals surface area contributed by atoms with Crippen LogP contribution in [0.15, 0.2) is 0 Å². The zero-order valence-corrected chi connectivity index (χ0v) is 7.86. The van der Waals surface area contributed by atoms with E-state index in [1.165, 1.54) is 0 Å². The average Bonchev–Trinajstić information content (AvgIpc) is 2.18. The van der Waals surface area contributed by atoms with E-state index in [4.69, 9.17) is 15.6 Å². The highest BCUT2D eigenvalue weighted by Crippen LogP contribution is 2.41. The zero-order valence-electron chi connectivity index (χ0n) is 7.86. The van der Waals surface area contributed by atoms with Gasteiger partial charge >= 0.3 is 5.97 Å². The number of carboxylic acids is 1. The summed E-state index contributed by atoms with van der Waals surface area (Å²) >= 11 is 0. The van der Waals surface area contributed by atoms with Crippen molar-refractivity contribution >= 4 is 5.97 Å². The van der Waals surface area contributed by atoms with Gasteiger partial charge in [-0.05, 0) is 19.3 Å². The van der Waals surface area contributed by atoms with Gasteiger partial charge in [0, 0.05) is 0 Å². The van der Waals surface area contributed by atoms with Crippen molar-refractivity contribution in [3.63, 3.8) is 0 Å². The number of rotatable bonds is 2. The quantitative estimate of drug-likeness (QED) is 0.721. The van der Waals surface area contributed by atoms with Crippen LogP contribution in [0.25, 0.3) is 0 Å². The summed E-state index contributed by atoms with van der Waals surface area (Å²) in [5.41, 5.74) is -0.712. The molecule has 1 aliphatic rings. The van der Waals surface area contributed by atoms with Crippen molar-refractivity contribution in [1.29, 1.82) is 10.5 Å². The molecule has 0 heterocycles. The van der Waals surface area contributed by atoms with E-state index in [1.54, 1.807) is 0 Å². The molecule has 4 heteroatoms. The Morgan fingerprint density at radius 2 is 2.29 bits per heavy atom. The summed E-state index contributed by atoms with van der Waals surface area (Å²) < 4.78 is 0. The Morgan fingerprint density at radius 1 is 1.57 bits per heavy atom. The molecule has 1 saturated carbocycles. The highest BCUT2D eigenvalue weighted by Gasteiger charge is 2.39. The Bertz CT molecular complexity index is 313. The van der Waals surface area contributed by atoms with Crippen molar-refractivity contribution in [2.75, 3.05) is 0 Å². The molecular weight excluding hydrogens is 180 g/mol. The summed E-state index contributed by atoms with van der Waals surface area (Å²) in [6.45, 7) is 0. The maximum absolute atomic E-state index is 10.8. The Kier molecular flexibility index (Phi) is 3.09. The van der Waals surface area contributed by atoms with E-state index in [1.807, 2.05) is 6.07 Å². The minimum Gasteiger partial charge on any atom is -0.481 e. The van der Waals surface area contributed by atoms with Gasteiger partial charge in [-0.25, -0.2) is 0 Å². The van der Waals surface area contributed by atoms with Crippen LogP contribution in [0.5, 0.6) is 0 Å². The molecular formula is C10H12N2O2. The van der Waals surface area contributed by atoms with E-state index < -0.39 is 17.3 Å². The molecule has 0 aliphatic heterocycles. The molecule has 1 aliphatic carbocycles. The fraction of sp³-hybridized carbons (Fsp3) is 0.700. The molecule has 0 spiro atoms. The van der Waals surface area contributed by atoms with Gasteiger partial charge in [0.05, 0.1) is 29.9 Å². The Hall–Kier alpha value is -1.55. The van der Waals surface area contributed by atoms with E-state index >= 15 is 0 Å². The maximum Gasteiger partial charge on any atom is 0.306 e. The highest BCUT2D eigenvalue weighted by molar-refractivity contribution is 5.70. The fourth-order valence-corrected chi connectivity index (χ4v) is 2.03. The first-order valence-corrected chi connectivity index (χ1v) is 4.64. The van der Waals surface area contributed by atoms with Crippen LogP contribution in [0, 0.1) is 34.0 Å².